The number of nitrogens with zero attached hydrogens (tertiary/aromatic N) is 1. The van der Waals surface area contributed by atoms with E-state index in [1.165, 1.54) is 16.7 Å². The largest absolute Gasteiger partial charge is 0.257 e. The van der Waals surface area contributed by atoms with Crippen LogP contribution in [0.25, 0.3) is 11.6 Å². The number of aromatic nitrogens is 1. The van der Waals surface area contributed by atoms with Crippen molar-refractivity contribution in [1.29, 1.82) is 0 Å². The fourth-order valence-electron chi connectivity index (χ4n) is 2.51. The summed E-state index contributed by atoms with van der Waals surface area (Å²) >= 11 is 0. The van der Waals surface area contributed by atoms with E-state index in [1.807, 2.05) is 18.3 Å². The van der Waals surface area contributed by atoms with E-state index in [-0.39, 0.29) is 0 Å². The second-order valence-corrected chi connectivity index (χ2v) is 4.62. The van der Waals surface area contributed by atoms with Gasteiger partial charge in [-0.2, -0.15) is 0 Å². The van der Waals surface area contributed by atoms with Gasteiger partial charge in [-0.25, -0.2) is 0 Å². The predicted molar refractivity (Wildman–Crippen MR) is 71.6 cm³/mol. The SMILES string of the molecule is CC1CC(c2ccccn2)=Cc2ccccc21. The van der Waals surface area contributed by atoms with Crippen LogP contribution in [0.1, 0.15) is 36.1 Å². The van der Waals surface area contributed by atoms with Crippen molar-refractivity contribution in [3.63, 3.8) is 0 Å². The van der Waals surface area contributed by atoms with Crippen molar-refractivity contribution in [3.8, 4) is 0 Å². The molecule has 1 heteroatoms. The Morgan fingerprint density at radius 2 is 1.88 bits per heavy atom. The highest BCUT2D eigenvalue weighted by atomic mass is 14.7. The minimum absolute atomic E-state index is 0.577. The Kier molecular flexibility index (Phi) is 2.52. The maximum atomic E-state index is 4.44. The van der Waals surface area contributed by atoms with Crippen LogP contribution in [-0.4, -0.2) is 4.98 Å². The first-order valence-corrected chi connectivity index (χ1v) is 6.05. The Labute approximate surface area is 102 Å². The third kappa shape index (κ3) is 1.89. The van der Waals surface area contributed by atoms with Gasteiger partial charge in [0, 0.05) is 6.20 Å². The highest BCUT2D eigenvalue weighted by molar-refractivity contribution is 5.83. The number of fused-ring (bicyclic) bond motifs is 1. The maximum Gasteiger partial charge on any atom is 0.0662 e. The molecule has 0 aliphatic heterocycles. The second-order valence-electron chi connectivity index (χ2n) is 4.62. The van der Waals surface area contributed by atoms with Crippen LogP contribution in [-0.2, 0) is 0 Å². The van der Waals surface area contributed by atoms with E-state index < -0.39 is 0 Å². The van der Waals surface area contributed by atoms with Crippen molar-refractivity contribution in [3.05, 3.63) is 65.5 Å². The minimum Gasteiger partial charge on any atom is -0.257 e. The topological polar surface area (TPSA) is 12.9 Å². The van der Waals surface area contributed by atoms with E-state index >= 15 is 0 Å². The summed E-state index contributed by atoms with van der Waals surface area (Å²) in [7, 11) is 0. The van der Waals surface area contributed by atoms with Gasteiger partial charge in [-0.1, -0.05) is 37.3 Å². The van der Waals surface area contributed by atoms with E-state index in [2.05, 4.69) is 48.3 Å². The Bertz CT molecular complexity index is 555. The summed E-state index contributed by atoms with van der Waals surface area (Å²) in [4.78, 5) is 4.44. The lowest BCUT2D eigenvalue weighted by atomic mass is 9.83. The summed E-state index contributed by atoms with van der Waals surface area (Å²) in [6.45, 7) is 2.29. The van der Waals surface area contributed by atoms with Crippen LogP contribution in [0.2, 0.25) is 0 Å². The third-order valence-corrected chi connectivity index (χ3v) is 3.38. The molecule has 0 bridgehead atoms. The smallest absolute Gasteiger partial charge is 0.0662 e. The van der Waals surface area contributed by atoms with Gasteiger partial charge in [0.25, 0.3) is 0 Å². The first-order chi connectivity index (χ1) is 8.34. The molecule has 1 heterocycles. The Balaban J connectivity index is 2.08. The molecule has 1 aromatic carbocycles. The number of benzene rings is 1. The summed E-state index contributed by atoms with van der Waals surface area (Å²) in [5, 5.41) is 0. The van der Waals surface area contributed by atoms with Gasteiger partial charge >= 0.3 is 0 Å². The fourth-order valence-corrected chi connectivity index (χ4v) is 2.51. The molecule has 0 amide bonds. The zero-order valence-corrected chi connectivity index (χ0v) is 9.93. The number of allylic oxidation sites excluding steroid dienone is 1. The molecule has 0 saturated carbocycles. The van der Waals surface area contributed by atoms with Crippen molar-refractivity contribution < 1.29 is 0 Å². The number of hydrogen-bond donors (Lipinski definition) is 0. The zero-order valence-electron chi connectivity index (χ0n) is 9.93. The molecule has 1 aliphatic rings. The molecule has 17 heavy (non-hydrogen) atoms. The summed E-state index contributed by atoms with van der Waals surface area (Å²) in [5.74, 6) is 0.577. The summed E-state index contributed by atoms with van der Waals surface area (Å²) in [6, 6.07) is 14.7. The third-order valence-electron chi connectivity index (χ3n) is 3.38. The number of hydrogen-bond acceptors (Lipinski definition) is 1. The molecule has 1 aliphatic carbocycles. The van der Waals surface area contributed by atoms with Gasteiger partial charge in [0.05, 0.1) is 5.69 Å². The summed E-state index contributed by atoms with van der Waals surface area (Å²) < 4.78 is 0. The van der Waals surface area contributed by atoms with Gasteiger partial charge < -0.3 is 0 Å². The molecule has 1 atom stereocenters. The fraction of sp³-hybridized carbons (Fsp3) is 0.188. The van der Waals surface area contributed by atoms with Crippen molar-refractivity contribution in [2.24, 2.45) is 0 Å². The standard InChI is InChI=1S/C16H15N/c1-12-10-14(16-8-4-5-9-17-16)11-13-6-2-3-7-15(12)13/h2-9,11-12H,10H2,1H3. The molecule has 84 valence electrons. The van der Waals surface area contributed by atoms with Gasteiger partial charge in [0.15, 0.2) is 0 Å². The van der Waals surface area contributed by atoms with Crippen molar-refractivity contribution in [2.45, 2.75) is 19.3 Å². The average molecular weight is 221 g/mol. The first kappa shape index (κ1) is 10.3. The molecule has 0 fully saturated rings. The van der Waals surface area contributed by atoms with E-state index in [1.54, 1.807) is 0 Å². The molecule has 0 N–H and O–H groups in total. The average Bonchev–Trinajstić information content (AvgIpc) is 2.40. The lowest BCUT2D eigenvalue weighted by molar-refractivity contribution is 0.781. The van der Waals surface area contributed by atoms with Gasteiger partial charge in [0.1, 0.15) is 0 Å². The highest BCUT2D eigenvalue weighted by Crippen LogP contribution is 2.36. The minimum atomic E-state index is 0.577. The molecule has 1 nitrogen and oxygen atoms in total. The van der Waals surface area contributed by atoms with Crippen LogP contribution in [0.5, 0.6) is 0 Å². The molecule has 1 aromatic heterocycles. The molecule has 2 aromatic rings. The molecule has 1 unspecified atom stereocenters. The van der Waals surface area contributed by atoms with Crippen molar-refractivity contribution in [2.75, 3.05) is 0 Å². The van der Waals surface area contributed by atoms with Gasteiger partial charge in [0.2, 0.25) is 0 Å². The number of pyridine rings is 1. The summed E-state index contributed by atoms with van der Waals surface area (Å²) in [6.07, 6.45) is 5.22. The molecule has 0 spiro atoms. The molecular weight excluding hydrogens is 206 g/mol. The molecule has 0 radical (unpaired) electrons. The normalized spacial score (nSPS) is 18.4. The second kappa shape index (κ2) is 4.17. The quantitative estimate of drug-likeness (QED) is 0.705. The Hall–Kier alpha value is -1.89. The first-order valence-electron chi connectivity index (χ1n) is 6.05. The van der Waals surface area contributed by atoms with E-state index in [9.17, 15) is 0 Å². The highest BCUT2D eigenvalue weighted by Gasteiger charge is 2.18. The van der Waals surface area contributed by atoms with Crippen LogP contribution in [0.3, 0.4) is 0 Å². The van der Waals surface area contributed by atoms with E-state index in [4.69, 9.17) is 0 Å². The van der Waals surface area contributed by atoms with Gasteiger partial charge in [-0.15, -0.1) is 0 Å². The predicted octanol–water partition coefficient (Wildman–Crippen LogP) is 4.13. The maximum absolute atomic E-state index is 4.44. The van der Waals surface area contributed by atoms with E-state index in [0.29, 0.717) is 5.92 Å². The molecule has 0 saturated heterocycles. The van der Waals surface area contributed by atoms with Crippen molar-refractivity contribution >= 4 is 11.6 Å². The summed E-state index contributed by atoms with van der Waals surface area (Å²) in [5.41, 5.74) is 5.24. The van der Waals surface area contributed by atoms with E-state index in [0.717, 1.165) is 12.1 Å². The van der Waals surface area contributed by atoms with Crippen LogP contribution in [0, 0.1) is 0 Å². The number of rotatable bonds is 1. The van der Waals surface area contributed by atoms with Crippen LogP contribution in [0.15, 0.2) is 48.7 Å². The van der Waals surface area contributed by atoms with Gasteiger partial charge in [-0.05, 0) is 47.2 Å². The van der Waals surface area contributed by atoms with Gasteiger partial charge in [-0.3, -0.25) is 4.98 Å². The Morgan fingerprint density at radius 1 is 1.06 bits per heavy atom. The van der Waals surface area contributed by atoms with Crippen LogP contribution in [0.4, 0.5) is 0 Å². The molecule has 3 rings (SSSR count). The van der Waals surface area contributed by atoms with Crippen LogP contribution >= 0.6 is 0 Å². The van der Waals surface area contributed by atoms with Crippen molar-refractivity contribution in [1.82, 2.24) is 4.98 Å². The lowest BCUT2D eigenvalue weighted by Gasteiger charge is -2.22. The zero-order chi connectivity index (χ0) is 11.7. The monoisotopic (exact) mass is 221 g/mol. The molecular formula is C16H15N. The Morgan fingerprint density at radius 3 is 2.71 bits per heavy atom. The van der Waals surface area contributed by atoms with Crippen LogP contribution < -0.4 is 0 Å². The lowest BCUT2D eigenvalue weighted by Crippen LogP contribution is -2.04.